The molecule has 7 rings (SSSR count). The van der Waals surface area contributed by atoms with Crippen LogP contribution in [0.4, 0.5) is 28.4 Å². The Bertz CT molecular complexity index is 2110. The fraction of sp³-hybridized carbons (Fsp3) is 0.412. The number of nitrogens with one attached hydrogen (secondary N) is 1. The summed E-state index contributed by atoms with van der Waals surface area (Å²) in [6.45, 7) is 10.6. The maximum Gasteiger partial charge on any atom is 0.319 e. The predicted octanol–water partition coefficient (Wildman–Crippen LogP) is 7.28. The van der Waals surface area contributed by atoms with Gasteiger partial charge in [0.25, 0.3) is 6.08 Å². The summed E-state index contributed by atoms with van der Waals surface area (Å²) in [5, 5.41) is 13.8. The Labute approximate surface area is 289 Å². The van der Waals surface area contributed by atoms with Crippen LogP contribution < -0.4 is 20.7 Å². The first-order valence-electron chi connectivity index (χ1n) is 16.0. The topological polar surface area (TPSA) is 116 Å². The lowest BCUT2D eigenvalue weighted by atomic mass is 9.94. The molecule has 3 N–H and O–H groups in total. The van der Waals surface area contributed by atoms with Crippen LogP contribution in [0.5, 0.6) is 6.01 Å². The number of pyridine rings is 1. The summed E-state index contributed by atoms with van der Waals surface area (Å²) in [6, 6.07) is 2.00. The van der Waals surface area contributed by atoms with Gasteiger partial charge >= 0.3 is 6.01 Å². The smallest absolute Gasteiger partial charge is 0.319 e. The molecule has 49 heavy (non-hydrogen) atoms. The molecule has 3 aromatic heterocycles. The highest BCUT2D eigenvalue weighted by molar-refractivity contribution is 7.23. The highest BCUT2D eigenvalue weighted by atomic mass is 35.5. The Morgan fingerprint density at radius 1 is 1.29 bits per heavy atom. The van der Waals surface area contributed by atoms with Gasteiger partial charge in [-0.1, -0.05) is 25.1 Å². The van der Waals surface area contributed by atoms with Crippen LogP contribution in [0.25, 0.3) is 37.8 Å². The van der Waals surface area contributed by atoms with Crippen LogP contribution in [0.3, 0.4) is 0 Å². The van der Waals surface area contributed by atoms with E-state index in [4.69, 9.17) is 27.1 Å². The van der Waals surface area contributed by atoms with E-state index in [1.165, 1.54) is 0 Å². The molecular weight excluding hydrogens is 680 g/mol. The number of hydrogen-bond donors (Lipinski definition) is 2. The Hall–Kier alpha value is -4.03. The SMILES string of the molecule is C=C(C)c1c(Cl)c(-c2ncc(F)c3sc(N)c(C#N)c23)c(F)c2nc(OCC34CCCN3CC(=C(F)F)C4)nc(N3CCN[C@H](CC)C3)c12. The van der Waals surface area contributed by atoms with Crippen molar-refractivity contribution < 1.29 is 22.3 Å². The highest BCUT2D eigenvalue weighted by Gasteiger charge is 2.48. The second-order valence-corrected chi connectivity index (χ2v) is 14.3. The van der Waals surface area contributed by atoms with Gasteiger partial charge in [-0.3, -0.25) is 9.88 Å². The number of rotatable bonds is 7. The molecule has 1 unspecified atom stereocenters. The lowest BCUT2D eigenvalue weighted by Gasteiger charge is -2.35. The molecule has 3 aliphatic heterocycles. The number of anilines is 2. The fourth-order valence-electron chi connectivity index (χ4n) is 7.51. The quantitative estimate of drug-likeness (QED) is 0.191. The van der Waals surface area contributed by atoms with Crippen LogP contribution in [0.1, 0.15) is 50.7 Å². The molecule has 3 saturated heterocycles. The molecule has 6 heterocycles. The van der Waals surface area contributed by atoms with E-state index in [9.17, 15) is 18.4 Å². The molecule has 15 heteroatoms. The first kappa shape index (κ1) is 33.5. The molecule has 0 radical (unpaired) electrons. The minimum absolute atomic E-state index is 0.0309. The average molecular weight is 713 g/mol. The van der Waals surface area contributed by atoms with Crippen molar-refractivity contribution in [2.45, 2.75) is 51.1 Å². The molecule has 0 saturated carbocycles. The van der Waals surface area contributed by atoms with Gasteiger partial charge in [0.1, 0.15) is 29.0 Å². The summed E-state index contributed by atoms with van der Waals surface area (Å²) in [5.74, 6) is -1.19. The van der Waals surface area contributed by atoms with Gasteiger partial charge in [-0.25, -0.2) is 8.78 Å². The van der Waals surface area contributed by atoms with E-state index in [0.29, 0.717) is 54.9 Å². The van der Waals surface area contributed by atoms with Crippen molar-refractivity contribution in [2.75, 3.05) is 50.0 Å². The molecule has 3 aliphatic rings. The van der Waals surface area contributed by atoms with Crippen LogP contribution in [0.2, 0.25) is 5.02 Å². The van der Waals surface area contributed by atoms with Gasteiger partial charge in [0, 0.05) is 48.7 Å². The monoisotopic (exact) mass is 712 g/mol. The predicted molar refractivity (Wildman–Crippen MR) is 184 cm³/mol. The normalized spacial score (nSPS) is 21.1. The third kappa shape index (κ3) is 5.47. The van der Waals surface area contributed by atoms with E-state index in [1.54, 1.807) is 6.92 Å². The average Bonchev–Trinajstić information content (AvgIpc) is 3.75. The maximum atomic E-state index is 17.3. The largest absolute Gasteiger partial charge is 0.461 e. The van der Waals surface area contributed by atoms with Crippen molar-refractivity contribution in [3.8, 4) is 23.3 Å². The number of fused-ring (bicyclic) bond motifs is 3. The summed E-state index contributed by atoms with van der Waals surface area (Å²) >= 11 is 7.95. The number of piperazine rings is 1. The number of hydrogen-bond acceptors (Lipinski definition) is 10. The van der Waals surface area contributed by atoms with E-state index < -0.39 is 23.3 Å². The van der Waals surface area contributed by atoms with E-state index in [0.717, 1.165) is 30.4 Å². The summed E-state index contributed by atoms with van der Waals surface area (Å²) in [5.41, 5.74) is 5.94. The number of allylic oxidation sites excluding steroid dienone is 1. The van der Waals surface area contributed by atoms with Gasteiger partial charge in [0.15, 0.2) is 11.6 Å². The lowest BCUT2D eigenvalue weighted by molar-refractivity contribution is 0.108. The number of nitrogens with two attached hydrogens (primary N) is 1. The zero-order valence-electron chi connectivity index (χ0n) is 26.9. The molecule has 256 valence electrons. The molecule has 4 aromatic rings. The summed E-state index contributed by atoms with van der Waals surface area (Å²) in [4.78, 5) is 17.7. The van der Waals surface area contributed by atoms with Gasteiger partial charge in [-0.15, -0.1) is 11.3 Å². The first-order valence-corrected chi connectivity index (χ1v) is 17.2. The van der Waals surface area contributed by atoms with Crippen molar-refractivity contribution in [3.05, 3.63) is 52.2 Å². The van der Waals surface area contributed by atoms with E-state index in [1.807, 2.05) is 15.9 Å². The third-order valence-corrected chi connectivity index (χ3v) is 11.3. The zero-order chi connectivity index (χ0) is 34.8. The molecule has 9 nitrogen and oxygen atoms in total. The summed E-state index contributed by atoms with van der Waals surface area (Å²) < 4.78 is 65.9. The number of aromatic nitrogens is 3. The standard InChI is InChI=1S/C34H33ClF4N8OS/c1-4-18-14-46(9-7-42-18)32-23-21(16(2)3)25(35)24(27-22-19(11-40)31(41)49-29(22)20(36)12-43-27)26(37)28(23)44-33(45-32)48-15-34-6-5-8-47(34)13-17(10-34)30(38)39/h12,18,42H,2,4-10,13-15,41H2,1,3H3/t18-,34?/m1/s1. The number of halogens is 5. The number of nitriles is 1. The molecule has 0 amide bonds. The van der Waals surface area contributed by atoms with E-state index in [-0.39, 0.29) is 79.6 Å². The van der Waals surface area contributed by atoms with E-state index >= 15 is 4.39 Å². The van der Waals surface area contributed by atoms with E-state index in [2.05, 4.69) is 28.8 Å². The Morgan fingerprint density at radius 3 is 2.80 bits per heavy atom. The zero-order valence-corrected chi connectivity index (χ0v) is 28.5. The van der Waals surface area contributed by atoms with Gasteiger partial charge in [-0.05, 0) is 44.7 Å². The minimum Gasteiger partial charge on any atom is -0.461 e. The second kappa shape index (κ2) is 12.7. The Balaban J connectivity index is 1.46. The number of benzene rings is 1. The van der Waals surface area contributed by atoms with Crippen molar-refractivity contribution in [3.63, 3.8) is 0 Å². The maximum absolute atomic E-state index is 17.3. The number of nitrogen functional groups attached to an aromatic ring is 1. The number of thiophene rings is 1. The van der Waals surface area contributed by atoms with Crippen molar-refractivity contribution in [1.82, 2.24) is 25.2 Å². The summed E-state index contributed by atoms with van der Waals surface area (Å²) in [7, 11) is 0. The Kier molecular flexibility index (Phi) is 8.67. The molecule has 0 aliphatic carbocycles. The van der Waals surface area contributed by atoms with Crippen molar-refractivity contribution in [1.29, 1.82) is 5.26 Å². The molecule has 0 bridgehead atoms. The first-order chi connectivity index (χ1) is 23.5. The Morgan fingerprint density at radius 2 is 2.08 bits per heavy atom. The minimum atomic E-state index is -1.67. The van der Waals surface area contributed by atoms with Gasteiger partial charge in [0.2, 0.25) is 0 Å². The van der Waals surface area contributed by atoms with Crippen molar-refractivity contribution >= 4 is 60.3 Å². The molecule has 0 spiro atoms. The number of nitrogens with zero attached hydrogens (tertiary/aromatic N) is 6. The van der Waals surface area contributed by atoms with Crippen LogP contribution in [0.15, 0.2) is 24.4 Å². The van der Waals surface area contributed by atoms with Gasteiger partial charge < -0.3 is 20.7 Å². The van der Waals surface area contributed by atoms with Gasteiger partial charge in [0.05, 0.1) is 43.7 Å². The molecule has 3 fully saturated rings. The van der Waals surface area contributed by atoms with Crippen molar-refractivity contribution in [2.24, 2.45) is 0 Å². The molecular formula is C34H33ClF4N8OS. The molecule has 2 atom stereocenters. The van der Waals surface area contributed by atoms with Gasteiger partial charge in [-0.2, -0.15) is 24.0 Å². The number of ether oxygens (including phenoxy) is 1. The van der Waals surface area contributed by atoms with Crippen LogP contribution in [-0.4, -0.2) is 70.8 Å². The second-order valence-electron chi connectivity index (χ2n) is 12.9. The fourth-order valence-corrected chi connectivity index (χ4v) is 8.86. The molecule has 1 aromatic carbocycles. The van der Waals surface area contributed by atoms with Crippen LogP contribution >= 0.6 is 22.9 Å². The highest BCUT2D eigenvalue weighted by Crippen LogP contribution is 2.48. The lowest BCUT2D eigenvalue weighted by Crippen LogP contribution is -2.50. The van der Waals surface area contributed by atoms with Crippen LogP contribution in [-0.2, 0) is 0 Å². The summed E-state index contributed by atoms with van der Waals surface area (Å²) in [6.07, 6.45) is 1.77. The van der Waals surface area contributed by atoms with Crippen LogP contribution in [0, 0.1) is 23.0 Å². The third-order valence-electron chi connectivity index (χ3n) is 9.91.